The molecule has 4 aromatic heterocycles. The van der Waals surface area contributed by atoms with Gasteiger partial charge in [-0.2, -0.15) is 0 Å². The number of nitrogens with zero attached hydrogens (tertiary/aromatic N) is 4. The van der Waals surface area contributed by atoms with Crippen LogP contribution in [0.5, 0.6) is 11.5 Å². The summed E-state index contributed by atoms with van der Waals surface area (Å²) in [4.78, 5) is 0. The molecule has 222 valence electrons. The van der Waals surface area contributed by atoms with Crippen molar-refractivity contribution in [1.82, 2.24) is 9.13 Å². The Morgan fingerprint density at radius 3 is 1.33 bits per heavy atom. The molecule has 0 aliphatic heterocycles. The summed E-state index contributed by atoms with van der Waals surface area (Å²) in [6.45, 7) is 2.08. The van der Waals surface area contributed by atoms with Crippen LogP contribution >= 0.6 is 0 Å². The van der Waals surface area contributed by atoms with E-state index in [0.717, 1.165) is 24.6 Å². The predicted octanol–water partition coefficient (Wildman–Crippen LogP) is 0.617. The molecule has 0 atom stereocenters. The molecule has 0 N–H and O–H groups in total. The molecular formula is C34H40I2N4O2. The summed E-state index contributed by atoms with van der Waals surface area (Å²) in [6.07, 6.45) is 16.2. The number of hydrogen-bond acceptors (Lipinski definition) is 2. The van der Waals surface area contributed by atoms with Gasteiger partial charge in [-0.15, -0.1) is 0 Å². The fourth-order valence-corrected chi connectivity index (χ4v) is 6.23. The summed E-state index contributed by atoms with van der Waals surface area (Å²) in [6, 6.07) is 17.3. The molecule has 6 rings (SSSR count). The van der Waals surface area contributed by atoms with Gasteiger partial charge in [0.05, 0.1) is 14.2 Å². The Labute approximate surface area is 282 Å². The highest BCUT2D eigenvalue weighted by Crippen LogP contribution is 2.33. The number of aryl methyl sites for hydroxylation is 4. The van der Waals surface area contributed by atoms with Crippen molar-refractivity contribution in [3.8, 4) is 11.5 Å². The van der Waals surface area contributed by atoms with Gasteiger partial charge in [0.25, 0.3) is 0 Å². The van der Waals surface area contributed by atoms with Gasteiger partial charge in [-0.3, -0.25) is 0 Å². The van der Waals surface area contributed by atoms with Crippen molar-refractivity contribution >= 4 is 43.6 Å². The van der Waals surface area contributed by atoms with Crippen molar-refractivity contribution in [1.29, 1.82) is 0 Å². The first-order chi connectivity index (χ1) is 19.6. The van der Waals surface area contributed by atoms with Crippen LogP contribution in [0.1, 0.15) is 38.5 Å². The number of hydrogen-bond donors (Lipinski definition) is 0. The number of aromatic nitrogens is 4. The maximum Gasteiger partial charge on any atom is 0.193 e. The Kier molecular flexibility index (Phi) is 11.0. The minimum absolute atomic E-state index is 0. The Morgan fingerprint density at radius 1 is 0.524 bits per heavy atom. The monoisotopic (exact) mass is 790 g/mol. The molecule has 0 saturated heterocycles. The molecule has 6 aromatic rings. The highest BCUT2D eigenvalue weighted by Gasteiger charge is 2.15. The maximum atomic E-state index is 5.51. The van der Waals surface area contributed by atoms with E-state index in [9.17, 15) is 0 Å². The second-order valence-corrected chi connectivity index (χ2v) is 11.0. The van der Waals surface area contributed by atoms with Crippen LogP contribution in [0.4, 0.5) is 0 Å². The Balaban J connectivity index is 0.00000202. The van der Waals surface area contributed by atoms with Gasteiger partial charge in [0.2, 0.25) is 0 Å². The largest absolute Gasteiger partial charge is 1.00 e. The Bertz CT molecular complexity index is 1690. The summed E-state index contributed by atoms with van der Waals surface area (Å²) in [5.74, 6) is 1.82. The number of halogens is 2. The van der Waals surface area contributed by atoms with Gasteiger partial charge in [0.15, 0.2) is 24.8 Å². The van der Waals surface area contributed by atoms with Crippen LogP contribution < -0.4 is 66.6 Å². The minimum atomic E-state index is 0. The number of methoxy groups -OCH3 is 2. The van der Waals surface area contributed by atoms with E-state index in [1.165, 1.54) is 82.1 Å². The Morgan fingerprint density at radius 2 is 0.929 bits per heavy atom. The van der Waals surface area contributed by atoms with Crippen LogP contribution in [0, 0.1) is 0 Å². The van der Waals surface area contributed by atoms with E-state index in [-0.39, 0.29) is 48.0 Å². The summed E-state index contributed by atoms with van der Waals surface area (Å²) in [5.41, 5.74) is 5.18. The minimum Gasteiger partial charge on any atom is -1.00 e. The summed E-state index contributed by atoms with van der Waals surface area (Å²) < 4.78 is 20.3. The van der Waals surface area contributed by atoms with E-state index in [4.69, 9.17) is 9.47 Å². The molecular weight excluding hydrogens is 750 g/mol. The lowest BCUT2D eigenvalue weighted by Gasteiger charge is -2.09. The molecule has 0 radical (unpaired) electrons. The zero-order chi connectivity index (χ0) is 27.6. The summed E-state index contributed by atoms with van der Waals surface area (Å²) in [5, 5.41) is 5.13. The second kappa shape index (κ2) is 14.2. The van der Waals surface area contributed by atoms with Crippen LogP contribution in [0.2, 0.25) is 0 Å². The number of benzene rings is 2. The molecule has 0 aliphatic rings. The average Bonchev–Trinajstić information content (AvgIpc) is 3.44. The van der Waals surface area contributed by atoms with Gasteiger partial charge < -0.3 is 66.6 Å². The van der Waals surface area contributed by atoms with Gasteiger partial charge >= 0.3 is 0 Å². The highest BCUT2D eigenvalue weighted by molar-refractivity contribution is 6.08. The first-order valence-corrected chi connectivity index (χ1v) is 14.5. The molecule has 0 aliphatic carbocycles. The third-order valence-electron chi connectivity index (χ3n) is 8.32. The highest BCUT2D eigenvalue weighted by atomic mass is 127. The molecule has 6 nitrogen and oxygen atoms in total. The van der Waals surface area contributed by atoms with Crippen LogP contribution in [0.25, 0.3) is 43.6 Å². The van der Waals surface area contributed by atoms with Gasteiger partial charge in [0, 0.05) is 57.8 Å². The molecule has 8 heteroatoms. The predicted molar refractivity (Wildman–Crippen MR) is 162 cm³/mol. The van der Waals surface area contributed by atoms with Crippen molar-refractivity contribution in [3.05, 3.63) is 73.3 Å². The third kappa shape index (κ3) is 6.34. The molecule has 0 unspecified atom stereocenters. The smallest absolute Gasteiger partial charge is 0.193 e. The van der Waals surface area contributed by atoms with Gasteiger partial charge in [-0.1, -0.05) is 25.7 Å². The van der Waals surface area contributed by atoms with Crippen molar-refractivity contribution in [2.45, 2.75) is 51.6 Å². The number of unbranched alkanes of at least 4 members (excludes halogenated alkanes) is 5. The first kappa shape index (κ1) is 32.3. The van der Waals surface area contributed by atoms with Crippen molar-refractivity contribution in [2.75, 3.05) is 14.2 Å². The lowest BCUT2D eigenvalue weighted by Crippen LogP contribution is -3.00. The molecule has 0 bridgehead atoms. The molecule has 4 heterocycles. The summed E-state index contributed by atoms with van der Waals surface area (Å²) >= 11 is 0. The fourth-order valence-electron chi connectivity index (χ4n) is 6.23. The molecule has 2 aromatic carbocycles. The number of pyridine rings is 2. The third-order valence-corrected chi connectivity index (χ3v) is 8.32. The van der Waals surface area contributed by atoms with Crippen LogP contribution in [0.3, 0.4) is 0 Å². The van der Waals surface area contributed by atoms with Crippen molar-refractivity contribution in [3.63, 3.8) is 0 Å². The average molecular weight is 791 g/mol. The molecule has 0 spiro atoms. The normalized spacial score (nSPS) is 11.2. The second-order valence-electron chi connectivity index (χ2n) is 11.0. The SMILES string of the molecule is COc1ccc2c(c1)c1cc[n+](C)cc1n2CCCCCCCCn1c2ccc(OC)cc2c2cc[n+](C)cc21.[I-].[I-]. The van der Waals surface area contributed by atoms with E-state index in [1.54, 1.807) is 14.2 Å². The zero-order valence-corrected chi connectivity index (χ0v) is 29.3. The summed E-state index contributed by atoms with van der Waals surface area (Å²) in [7, 11) is 7.66. The van der Waals surface area contributed by atoms with Crippen molar-refractivity contribution in [2.24, 2.45) is 14.1 Å². The van der Waals surface area contributed by atoms with Crippen LogP contribution in [0.15, 0.2) is 73.3 Å². The fraction of sp³-hybridized carbons (Fsp3) is 0.353. The number of ether oxygens (including phenoxy) is 2. The topological polar surface area (TPSA) is 36.1 Å². The van der Waals surface area contributed by atoms with Crippen LogP contribution in [-0.2, 0) is 27.2 Å². The van der Waals surface area contributed by atoms with E-state index in [2.05, 4.69) is 106 Å². The number of fused-ring (bicyclic) bond motifs is 6. The van der Waals surface area contributed by atoms with Crippen LogP contribution in [-0.4, -0.2) is 23.4 Å². The van der Waals surface area contributed by atoms with Gasteiger partial charge in [0.1, 0.15) is 36.6 Å². The quantitative estimate of drug-likeness (QED) is 0.110. The molecule has 42 heavy (non-hydrogen) atoms. The first-order valence-electron chi connectivity index (χ1n) is 14.5. The lowest BCUT2D eigenvalue weighted by atomic mass is 10.1. The van der Waals surface area contributed by atoms with E-state index in [0.29, 0.717) is 0 Å². The van der Waals surface area contributed by atoms with E-state index in [1.807, 2.05) is 0 Å². The lowest BCUT2D eigenvalue weighted by molar-refractivity contribution is -0.670. The van der Waals surface area contributed by atoms with E-state index < -0.39 is 0 Å². The molecule has 0 fully saturated rings. The van der Waals surface area contributed by atoms with Crippen molar-refractivity contribution < 1.29 is 66.6 Å². The molecule has 0 amide bonds. The standard InChI is InChI=1S/C34H40N4O2.2HI/c1-35-19-15-27-29-21-25(39-3)11-13-31(29)37(33(27)23-35)17-9-7-5-6-8-10-18-38-32-14-12-26(40-4)22-30(32)28-16-20-36(2)24-34(28)38;;/h11-16,19-24H,5-10,17-18H2,1-4H3;2*1H/q+2;;/p-2. The molecule has 0 saturated carbocycles. The van der Waals surface area contributed by atoms with Gasteiger partial charge in [-0.05, 0) is 49.2 Å². The maximum absolute atomic E-state index is 5.51. The Hall–Kier alpha value is -2.60. The van der Waals surface area contributed by atoms with Gasteiger partial charge in [-0.25, -0.2) is 9.13 Å². The van der Waals surface area contributed by atoms with E-state index >= 15 is 0 Å². The number of rotatable bonds is 11. The zero-order valence-electron chi connectivity index (χ0n) is 24.9.